The van der Waals surface area contributed by atoms with E-state index in [1.54, 1.807) is 18.3 Å². The number of anilines is 2. The molecule has 0 bridgehead atoms. The van der Waals surface area contributed by atoms with E-state index in [2.05, 4.69) is 20.7 Å². The summed E-state index contributed by atoms with van der Waals surface area (Å²) >= 11 is 1.59. The third kappa shape index (κ3) is 3.26. The maximum absolute atomic E-state index is 11.2. The lowest BCUT2D eigenvalue weighted by Gasteiger charge is -2.17. The number of nitrogen functional groups attached to an aromatic ring is 1. The number of nitrogens with one attached hydrogen (secondary N) is 2. The van der Waals surface area contributed by atoms with E-state index < -0.39 is 4.92 Å². The minimum absolute atomic E-state index is 0.0522. The Morgan fingerprint density at radius 1 is 1.52 bits per heavy atom. The van der Waals surface area contributed by atoms with Crippen LogP contribution in [-0.2, 0) is 0 Å². The van der Waals surface area contributed by atoms with E-state index in [0.29, 0.717) is 0 Å². The van der Waals surface area contributed by atoms with Gasteiger partial charge in [0.25, 0.3) is 0 Å². The molecule has 0 aliphatic carbocycles. The summed E-state index contributed by atoms with van der Waals surface area (Å²) < 4.78 is 0. The first-order valence-electron chi connectivity index (χ1n) is 6.36. The van der Waals surface area contributed by atoms with Crippen molar-refractivity contribution in [2.24, 2.45) is 5.84 Å². The first-order valence-corrected chi connectivity index (χ1v) is 7.24. The highest BCUT2D eigenvalue weighted by molar-refractivity contribution is 7.10. The SMILES string of the molecule is CCC(Nc1nc(NN)nc(C)c1[N+](=O)[O-])c1cccs1. The second kappa shape index (κ2) is 6.46. The monoisotopic (exact) mass is 308 g/mol. The van der Waals surface area contributed by atoms with Gasteiger partial charge in [0.2, 0.25) is 11.8 Å². The van der Waals surface area contributed by atoms with Crippen molar-refractivity contribution in [2.75, 3.05) is 10.7 Å². The van der Waals surface area contributed by atoms with Crippen LogP contribution >= 0.6 is 11.3 Å². The van der Waals surface area contributed by atoms with Crippen molar-refractivity contribution in [1.29, 1.82) is 0 Å². The van der Waals surface area contributed by atoms with Crippen LogP contribution in [0.4, 0.5) is 17.5 Å². The molecule has 0 amide bonds. The Bertz CT molecular complexity index is 631. The van der Waals surface area contributed by atoms with Gasteiger partial charge in [0.05, 0.1) is 11.0 Å². The summed E-state index contributed by atoms with van der Waals surface area (Å²) in [7, 11) is 0. The van der Waals surface area contributed by atoms with Crippen LogP contribution in [0, 0.1) is 17.0 Å². The van der Waals surface area contributed by atoms with Crippen LogP contribution in [0.2, 0.25) is 0 Å². The Morgan fingerprint density at radius 2 is 2.29 bits per heavy atom. The average molecular weight is 308 g/mol. The number of hydrazine groups is 1. The normalized spacial score (nSPS) is 12.0. The highest BCUT2D eigenvalue weighted by Crippen LogP contribution is 2.32. The van der Waals surface area contributed by atoms with Gasteiger partial charge in [-0.3, -0.25) is 15.5 Å². The van der Waals surface area contributed by atoms with E-state index in [-0.39, 0.29) is 29.2 Å². The molecular formula is C12H16N6O2S. The molecule has 2 heterocycles. The number of aromatic nitrogens is 2. The summed E-state index contributed by atoms with van der Waals surface area (Å²) in [4.78, 5) is 19.9. The first-order chi connectivity index (χ1) is 10.1. The molecule has 2 aromatic heterocycles. The fourth-order valence-corrected chi connectivity index (χ4v) is 2.84. The summed E-state index contributed by atoms with van der Waals surface area (Å²) in [6.45, 7) is 3.55. The highest BCUT2D eigenvalue weighted by atomic mass is 32.1. The van der Waals surface area contributed by atoms with Crippen LogP contribution in [0.5, 0.6) is 0 Å². The number of hydrogen-bond acceptors (Lipinski definition) is 8. The lowest BCUT2D eigenvalue weighted by atomic mass is 10.2. The largest absolute Gasteiger partial charge is 0.357 e. The van der Waals surface area contributed by atoms with Crippen molar-refractivity contribution in [2.45, 2.75) is 26.3 Å². The van der Waals surface area contributed by atoms with Crippen molar-refractivity contribution in [1.82, 2.24) is 9.97 Å². The number of rotatable bonds is 6. The predicted molar refractivity (Wildman–Crippen MR) is 82.2 cm³/mol. The van der Waals surface area contributed by atoms with E-state index in [1.165, 1.54) is 0 Å². The second-order valence-electron chi connectivity index (χ2n) is 4.35. The molecule has 9 heteroatoms. The van der Waals surface area contributed by atoms with Crippen molar-refractivity contribution < 1.29 is 4.92 Å². The molecular weight excluding hydrogens is 292 g/mol. The molecule has 0 aliphatic heterocycles. The van der Waals surface area contributed by atoms with E-state index in [9.17, 15) is 10.1 Å². The smallest absolute Gasteiger partial charge is 0.332 e. The Hall–Kier alpha value is -2.26. The first kappa shape index (κ1) is 15.1. The van der Waals surface area contributed by atoms with Gasteiger partial charge in [0, 0.05) is 4.88 Å². The fraction of sp³-hybridized carbons (Fsp3) is 0.333. The molecule has 8 nitrogen and oxygen atoms in total. The van der Waals surface area contributed by atoms with Gasteiger partial charge in [-0.2, -0.15) is 4.98 Å². The molecule has 21 heavy (non-hydrogen) atoms. The van der Waals surface area contributed by atoms with Gasteiger partial charge in [-0.25, -0.2) is 10.8 Å². The van der Waals surface area contributed by atoms with Gasteiger partial charge in [0.1, 0.15) is 5.69 Å². The Kier molecular flexibility index (Phi) is 4.66. The minimum Gasteiger partial charge on any atom is -0.357 e. The number of thiophene rings is 1. The maximum Gasteiger partial charge on any atom is 0.332 e. The molecule has 112 valence electrons. The number of nitro groups is 1. The zero-order chi connectivity index (χ0) is 15.4. The summed E-state index contributed by atoms with van der Waals surface area (Å²) in [5.74, 6) is 5.61. The molecule has 0 radical (unpaired) electrons. The van der Waals surface area contributed by atoms with Crippen LogP contribution in [0.1, 0.15) is 30.0 Å². The molecule has 2 rings (SSSR count). The van der Waals surface area contributed by atoms with Crippen LogP contribution < -0.4 is 16.6 Å². The Labute approximate surface area is 125 Å². The predicted octanol–water partition coefficient (Wildman–Crippen LogP) is 2.60. The lowest BCUT2D eigenvalue weighted by molar-refractivity contribution is -0.385. The third-order valence-corrected chi connectivity index (χ3v) is 3.96. The highest BCUT2D eigenvalue weighted by Gasteiger charge is 2.24. The molecule has 0 fully saturated rings. The van der Waals surface area contributed by atoms with Crippen molar-refractivity contribution in [3.8, 4) is 0 Å². The van der Waals surface area contributed by atoms with E-state index in [0.717, 1.165) is 11.3 Å². The van der Waals surface area contributed by atoms with Gasteiger partial charge in [0.15, 0.2) is 0 Å². The van der Waals surface area contributed by atoms with E-state index in [1.807, 2.05) is 24.4 Å². The zero-order valence-electron chi connectivity index (χ0n) is 11.7. The summed E-state index contributed by atoms with van der Waals surface area (Å²) in [5.41, 5.74) is 2.44. The van der Waals surface area contributed by atoms with Gasteiger partial charge in [-0.1, -0.05) is 13.0 Å². The number of nitrogens with zero attached hydrogens (tertiary/aromatic N) is 3. The molecule has 0 saturated carbocycles. The molecule has 1 atom stereocenters. The zero-order valence-corrected chi connectivity index (χ0v) is 12.5. The standard InChI is InChI=1S/C12H16N6O2S/c1-3-8(9-5-4-6-21-9)15-11-10(18(19)20)7(2)14-12(16-11)17-13/h4-6,8H,3,13H2,1-2H3,(H2,14,15,16,17). The molecule has 0 aliphatic rings. The van der Waals surface area contributed by atoms with Crippen molar-refractivity contribution >= 4 is 28.8 Å². The van der Waals surface area contributed by atoms with Crippen LogP contribution in [0.15, 0.2) is 17.5 Å². The molecule has 4 N–H and O–H groups in total. The summed E-state index contributed by atoms with van der Waals surface area (Å²) in [5, 5.41) is 16.3. The third-order valence-electron chi connectivity index (χ3n) is 2.98. The fourth-order valence-electron chi connectivity index (χ4n) is 1.98. The number of hydrogen-bond donors (Lipinski definition) is 3. The van der Waals surface area contributed by atoms with Gasteiger partial charge >= 0.3 is 5.69 Å². The molecule has 1 unspecified atom stereocenters. The van der Waals surface area contributed by atoms with Crippen molar-refractivity contribution in [3.05, 3.63) is 38.2 Å². The average Bonchev–Trinajstić information content (AvgIpc) is 2.97. The quantitative estimate of drug-likeness (QED) is 0.426. The van der Waals surface area contributed by atoms with Gasteiger partial charge in [-0.15, -0.1) is 11.3 Å². The minimum atomic E-state index is -0.487. The topological polar surface area (TPSA) is 119 Å². The molecule has 0 saturated heterocycles. The second-order valence-corrected chi connectivity index (χ2v) is 5.33. The number of aryl methyl sites for hydroxylation is 1. The summed E-state index contributed by atoms with van der Waals surface area (Å²) in [6, 6.07) is 3.87. The van der Waals surface area contributed by atoms with Crippen molar-refractivity contribution in [3.63, 3.8) is 0 Å². The van der Waals surface area contributed by atoms with Crippen LogP contribution in [-0.4, -0.2) is 14.9 Å². The van der Waals surface area contributed by atoms with E-state index in [4.69, 9.17) is 5.84 Å². The molecule has 0 spiro atoms. The van der Waals surface area contributed by atoms with Gasteiger partial charge in [-0.05, 0) is 24.8 Å². The Morgan fingerprint density at radius 3 is 2.81 bits per heavy atom. The Balaban J connectivity index is 2.41. The van der Waals surface area contributed by atoms with Crippen LogP contribution in [0.25, 0.3) is 0 Å². The molecule has 2 aromatic rings. The van der Waals surface area contributed by atoms with Crippen LogP contribution in [0.3, 0.4) is 0 Å². The van der Waals surface area contributed by atoms with Gasteiger partial charge < -0.3 is 5.32 Å². The number of nitrogens with two attached hydrogens (primary N) is 1. The van der Waals surface area contributed by atoms with E-state index >= 15 is 0 Å². The lowest BCUT2D eigenvalue weighted by Crippen LogP contribution is -2.16. The summed E-state index contributed by atoms with van der Waals surface area (Å²) in [6.07, 6.45) is 0.770. The molecule has 0 aromatic carbocycles. The maximum atomic E-state index is 11.2.